The Kier molecular flexibility index (Phi) is 3.39. The van der Waals surface area contributed by atoms with E-state index in [1.54, 1.807) is 25.3 Å². The molecule has 3 heterocycles. The Balaban J connectivity index is 1.77. The number of nitrogens with zero attached hydrogens (tertiary/aromatic N) is 4. The summed E-state index contributed by atoms with van der Waals surface area (Å²) in [7, 11) is -3.85. The number of pyridine rings is 1. The van der Waals surface area contributed by atoms with E-state index in [-0.39, 0.29) is 5.03 Å². The lowest BCUT2D eigenvalue weighted by Crippen LogP contribution is -2.44. The summed E-state index contributed by atoms with van der Waals surface area (Å²) in [5, 5.41) is 10.9. The number of rotatable bonds is 4. The molecule has 0 radical (unpaired) electrons. The summed E-state index contributed by atoms with van der Waals surface area (Å²) < 4.78 is 33.7. The van der Waals surface area contributed by atoms with Gasteiger partial charge in [-0.3, -0.25) is 5.10 Å². The lowest BCUT2D eigenvalue weighted by atomic mass is 9.99. The van der Waals surface area contributed by atoms with Crippen LogP contribution in [0.3, 0.4) is 0 Å². The maximum atomic E-state index is 13.0. The van der Waals surface area contributed by atoms with E-state index in [0.717, 1.165) is 12.8 Å². The predicted octanol–water partition coefficient (Wildman–Crippen LogP) is 1.40. The average Bonchev–Trinajstić information content (AvgIpc) is 3.26. The fraction of sp³-hybridized carbons (Fsp3) is 0.429. The van der Waals surface area contributed by atoms with Gasteiger partial charge in [-0.15, -0.1) is 0 Å². The molecular weight excluding hydrogens is 332 g/mol. The van der Waals surface area contributed by atoms with E-state index in [1.165, 1.54) is 0 Å². The van der Waals surface area contributed by atoms with Crippen LogP contribution in [-0.4, -0.2) is 33.7 Å². The van der Waals surface area contributed by atoms with E-state index >= 15 is 0 Å². The first-order valence-electron chi connectivity index (χ1n) is 7.64. The van der Waals surface area contributed by atoms with Crippen molar-refractivity contribution >= 4 is 21.1 Å². The Bertz CT molecular complexity index is 987. The van der Waals surface area contributed by atoms with Gasteiger partial charge in [0.15, 0.2) is 16.5 Å². The minimum Gasteiger partial charge on any atom is -0.340 e. The lowest BCUT2D eigenvalue weighted by molar-refractivity contribution is 0.337. The van der Waals surface area contributed by atoms with Crippen LogP contribution >= 0.6 is 0 Å². The molecule has 24 heavy (non-hydrogen) atoms. The van der Waals surface area contributed by atoms with E-state index in [4.69, 9.17) is 4.52 Å². The van der Waals surface area contributed by atoms with Crippen molar-refractivity contribution in [3.8, 4) is 0 Å². The number of aromatic nitrogens is 5. The summed E-state index contributed by atoms with van der Waals surface area (Å²) in [6, 6.07) is 3.34. The number of aromatic amines is 1. The lowest BCUT2D eigenvalue weighted by Gasteiger charge is -2.25. The van der Waals surface area contributed by atoms with Crippen molar-refractivity contribution in [1.82, 2.24) is 30.0 Å². The van der Waals surface area contributed by atoms with Gasteiger partial charge in [0, 0.05) is 13.1 Å². The third-order valence-corrected chi connectivity index (χ3v) is 5.81. The molecule has 1 fully saturated rings. The Hall–Kier alpha value is -2.33. The number of sulfonamides is 1. The quantitative estimate of drug-likeness (QED) is 0.729. The monoisotopic (exact) mass is 348 g/mol. The van der Waals surface area contributed by atoms with Gasteiger partial charge in [-0.2, -0.15) is 14.8 Å². The average molecular weight is 348 g/mol. The summed E-state index contributed by atoms with van der Waals surface area (Å²) >= 11 is 0. The molecule has 0 spiro atoms. The van der Waals surface area contributed by atoms with Crippen LogP contribution in [0.4, 0.5) is 0 Å². The summed E-state index contributed by atoms with van der Waals surface area (Å²) in [5.74, 6) is 0.787. The maximum Gasteiger partial charge on any atom is 0.259 e. The Morgan fingerprint density at radius 2 is 2.12 bits per heavy atom. The minimum atomic E-state index is -3.85. The van der Waals surface area contributed by atoms with Crippen molar-refractivity contribution in [1.29, 1.82) is 0 Å². The molecule has 0 aliphatic heterocycles. The van der Waals surface area contributed by atoms with Crippen LogP contribution in [0.1, 0.15) is 37.4 Å². The summed E-state index contributed by atoms with van der Waals surface area (Å²) in [6.07, 6.45) is 4.58. The molecule has 4 rings (SSSR count). The Morgan fingerprint density at radius 1 is 1.33 bits per heavy atom. The summed E-state index contributed by atoms with van der Waals surface area (Å²) in [4.78, 5) is 8.30. The fourth-order valence-electron chi connectivity index (χ4n) is 3.18. The van der Waals surface area contributed by atoms with Gasteiger partial charge in [0.05, 0.1) is 10.9 Å². The molecule has 0 unspecified atom stereocenters. The first-order chi connectivity index (χ1) is 11.5. The number of aryl methyl sites for hydroxylation is 1. The second-order valence-electron chi connectivity index (χ2n) is 5.96. The highest BCUT2D eigenvalue weighted by Gasteiger charge is 2.44. The molecule has 1 aliphatic carbocycles. The largest absolute Gasteiger partial charge is 0.340 e. The molecule has 0 atom stereocenters. The van der Waals surface area contributed by atoms with Crippen LogP contribution in [0, 0.1) is 6.92 Å². The molecule has 2 N–H and O–H groups in total. The number of H-pyrrole nitrogens is 1. The first kappa shape index (κ1) is 15.2. The maximum absolute atomic E-state index is 13.0. The fourth-order valence-corrected chi connectivity index (χ4v) is 4.71. The second-order valence-corrected chi connectivity index (χ2v) is 7.58. The van der Waals surface area contributed by atoms with Crippen molar-refractivity contribution in [3.05, 3.63) is 30.0 Å². The SMILES string of the molecule is Cc1nc(C2(NS(=O)(=O)c3[nH]nc4ncccc34)CCCC2)no1. The van der Waals surface area contributed by atoms with Crippen LogP contribution in [0.2, 0.25) is 0 Å². The van der Waals surface area contributed by atoms with Gasteiger partial charge in [0.25, 0.3) is 10.0 Å². The smallest absolute Gasteiger partial charge is 0.259 e. The van der Waals surface area contributed by atoms with E-state index in [9.17, 15) is 8.42 Å². The molecule has 0 saturated heterocycles. The van der Waals surface area contributed by atoms with Crippen molar-refractivity contribution in [3.63, 3.8) is 0 Å². The molecule has 10 heteroatoms. The van der Waals surface area contributed by atoms with Gasteiger partial charge in [-0.25, -0.2) is 13.4 Å². The van der Waals surface area contributed by atoms with E-state index < -0.39 is 15.6 Å². The van der Waals surface area contributed by atoms with Crippen molar-refractivity contribution in [2.24, 2.45) is 0 Å². The van der Waals surface area contributed by atoms with Crippen LogP contribution in [0.5, 0.6) is 0 Å². The highest BCUT2D eigenvalue weighted by Crippen LogP contribution is 2.38. The number of hydrogen-bond acceptors (Lipinski definition) is 7. The Morgan fingerprint density at radius 3 is 2.83 bits per heavy atom. The molecule has 0 bridgehead atoms. The van der Waals surface area contributed by atoms with Crippen LogP contribution < -0.4 is 4.72 Å². The van der Waals surface area contributed by atoms with E-state index in [0.29, 0.717) is 35.6 Å². The van der Waals surface area contributed by atoms with Gasteiger partial charge >= 0.3 is 0 Å². The second kappa shape index (κ2) is 5.35. The first-order valence-corrected chi connectivity index (χ1v) is 9.12. The molecule has 9 nitrogen and oxygen atoms in total. The molecular formula is C14H16N6O3S. The molecule has 3 aromatic heterocycles. The van der Waals surface area contributed by atoms with Crippen LogP contribution in [0.25, 0.3) is 11.0 Å². The molecule has 126 valence electrons. The third-order valence-electron chi connectivity index (χ3n) is 4.31. The van der Waals surface area contributed by atoms with Gasteiger partial charge in [-0.05, 0) is 25.0 Å². The van der Waals surface area contributed by atoms with Crippen LogP contribution in [0.15, 0.2) is 27.9 Å². The number of fused-ring (bicyclic) bond motifs is 1. The van der Waals surface area contributed by atoms with Gasteiger partial charge in [0.2, 0.25) is 5.89 Å². The zero-order valence-electron chi connectivity index (χ0n) is 13.0. The highest BCUT2D eigenvalue weighted by atomic mass is 32.2. The van der Waals surface area contributed by atoms with Gasteiger partial charge < -0.3 is 4.52 Å². The normalized spacial score (nSPS) is 17.5. The topological polar surface area (TPSA) is 127 Å². The van der Waals surface area contributed by atoms with Crippen molar-refractivity contribution in [2.75, 3.05) is 0 Å². The third kappa shape index (κ3) is 2.38. The number of hydrogen-bond donors (Lipinski definition) is 2. The molecule has 1 aliphatic rings. The Labute approximate surface area is 137 Å². The minimum absolute atomic E-state index is 0.00269. The van der Waals surface area contributed by atoms with Gasteiger partial charge in [-0.1, -0.05) is 18.0 Å². The summed E-state index contributed by atoms with van der Waals surface area (Å²) in [5.41, 5.74) is -0.496. The van der Waals surface area contributed by atoms with Crippen molar-refractivity contribution in [2.45, 2.75) is 43.2 Å². The van der Waals surface area contributed by atoms with E-state index in [1.807, 2.05) is 0 Å². The molecule has 0 amide bonds. The molecule has 1 saturated carbocycles. The van der Waals surface area contributed by atoms with Crippen molar-refractivity contribution < 1.29 is 12.9 Å². The molecule has 3 aromatic rings. The molecule has 0 aromatic carbocycles. The van der Waals surface area contributed by atoms with Crippen LogP contribution in [-0.2, 0) is 15.6 Å². The summed E-state index contributed by atoms with van der Waals surface area (Å²) in [6.45, 7) is 1.68. The number of nitrogens with one attached hydrogen (secondary N) is 2. The zero-order chi connectivity index (χ0) is 16.8. The highest BCUT2D eigenvalue weighted by molar-refractivity contribution is 7.89. The standard InChI is InChI=1S/C14H16N6O3S/c1-9-16-13(19-23-9)14(6-2-3-7-14)20-24(21,22)12-10-5-4-8-15-11(10)17-18-12/h4-5,8,20H,2-3,6-7H2,1H3,(H,15,17,18). The van der Waals surface area contributed by atoms with Gasteiger partial charge in [0.1, 0.15) is 0 Å². The zero-order valence-corrected chi connectivity index (χ0v) is 13.8. The predicted molar refractivity (Wildman–Crippen MR) is 83.4 cm³/mol. The van der Waals surface area contributed by atoms with E-state index in [2.05, 4.69) is 30.0 Å².